The van der Waals surface area contributed by atoms with Crippen LogP contribution in [0.4, 0.5) is 0 Å². The molecule has 2 nitrogen and oxygen atoms in total. The molecule has 0 bridgehead atoms. The first-order valence-electron chi connectivity index (χ1n) is 2.32. The molecule has 1 aliphatic heterocycles. The smallest absolute Gasteiger partial charge is 0.112 e. The van der Waals surface area contributed by atoms with Gasteiger partial charge in [0.05, 0.1) is 0 Å². The third kappa shape index (κ3) is 1.07. The molecule has 4 N–H and O–H groups in total. The van der Waals surface area contributed by atoms with Crippen molar-refractivity contribution in [3.63, 3.8) is 0 Å². The van der Waals surface area contributed by atoms with E-state index in [1.165, 1.54) is 0 Å². The summed E-state index contributed by atoms with van der Waals surface area (Å²) in [5, 5.41) is 1.73. The lowest BCUT2D eigenvalue weighted by atomic mass is 10.5. The minimum absolute atomic E-state index is 0.496. The second-order valence-electron chi connectivity index (χ2n) is 1.56. The Morgan fingerprint density at radius 2 is 2.12 bits per heavy atom. The van der Waals surface area contributed by atoms with E-state index in [1.54, 1.807) is 0 Å². The molecular weight excluding hydrogens is 116 g/mol. The molecule has 0 aromatic heterocycles. The minimum atomic E-state index is 0.496. The summed E-state index contributed by atoms with van der Waals surface area (Å²) >= 11 is 0. The van der Waals surface area contributed by atoms with E-state index < -0.39 is 0 Å². The minimum Gasteiger partial charge on any atom is -0.403 e. The fourth-order valence-electron chi connectivity index (χ4n) is 0.505. The molecule has 1 rings (SSSR count). The van der Waals surface area contributed by atoms with Crippen LogP contribution in [0.2, 0.25) is 0 Å². The zero-order chi connectivity index (χ0) is 5.98. The number of hydrogen-bond acceptors (Lipinski definition) is 2. The van der Waals surface area contributed by atoms with Crippen molar-refractivity contribution in [2.24, 2.45) is 11.5 Å². The van der Waals surface area contributed by atoms with E-state index >= 15 is 0 Å². The summed E-state index contributed by atoms with van der Waals surface area (Å²) in [6.07, 6.45) is 5.60. The molecule has 0 saturated heterocycles. The van der Waals surface area contributed by atoms with Crippen molar-refractivity contribution >= 4 is 14.4 Å². The van der Waals surface area contributed by atoms with Gasteiger partial charge in [-0.2, -0.15) is 0 Å². The van der Waals surface area contributed by atoms with E-state index in [1.807, 2.05) is 18.2 Å². The van der Waals surface area contributed by atoms with Gasteiger partial charge in [0.2, 0.25) is 0 Å². The van der Waals surface area contributed by atoms with Crippen molar-refractivity contribution in [1.82, 2.24) is 0 Å². The molecule has 41 valence electrons. The van der Waals surface area contributed by atoms with E-state index in [4.69, 9.17) is 11.5 Å². The lowest BCUT2D eigenvalue weighted by Crippen LogP contribution is -2.19. The highest BCUT2D eigenvalue weighted by Gasteiger charge is 1.89. The van der Waals surface area contributed by atoms with Gasteiger partial charge in [-0.1, -0.05) is 6.08 Å². The predicted octanol–water partition coefficient (Wildman–Crippen LogP) is -0.851. The monoisotopic (exact) mass is 123 g/mol. The standard InChI is InChI=1S/C5H7N2Si/c6-4-2-1-3-5(7)8-4/h1-3H,6-7H2. The Morgan fingerprint density at radius 1 is 1.38 bits per heavy atom. The Bertz CT molecular complexity index is 176. The molecule has 1 heterocycles. The average Bonchev–Trinajstić information content (AvgIpc) is 1.64. The van der Waals surface area contributed by atoms with Crippen LogP contribution in [-0.4, -0.2) is 14.4 Å². The summed E-state index contributed by atoms with van der Waals surface area (Å²) in [6, 6.07) is 0. The lowest BCUT2D eigenvalue weighted by molar-refractivity contribution is 1.52. The second kappa shape index (κ2) is 1.96. The predicted molar refractivity (Wildman–Crippen MR) is 36.4 cm³/mol. The zero-order valence-corrected chi connectivity index (χ0v) is 5.39. The molecule has 8 heavy (non-hydrogen) atoms. The Balaban J connectivity index is 2.89. The first-order chi connectivity index (χ1) is 3.79. The normalized spacial score (nSPS) is 17.5. The molecule has 0 atom stereocenters. The number of rotatable bonds is 0. The Hall–Kier alpha value is -0.833. The molecule has 1 aliphatic rings. The van der Waals surface area contributed by atoms with Gasteiger partial charge in [0.1, 0.15) is 9.13 Å². The number of nitrogens with two attached hydrogens (primary N) is 2. The van der Waals surface area contributed by atoms with Gasteiger partial charge in [0, 0.05) is 10.6 Å². The van der Waals surface area contributed by atoms with E-state index in [0.29, 0.717) is 9.13 Å². The van der Waals surface area contributed by atoms with E-state index in [-0.39, 0.29) is 0 Å². The van der Waals surface area contributed by atoms with Gasteiger partial charge < -0.3 is 11.5 Å². The van der Waals surface area contributed by atoms with Crippen LogP contribution in [0, 0.1) is 0 Å². The van der Waals surface area contributed by atoms with Crippen molar-refractivity contribution in [3.8, 4) is 0 Å². The van der Waals surface area contributed by atoms with Crippen molar-refractivity contribution in [3.05, 3.63) is 23.5 Å². The zero-order valence-electron chi connectivity index (χ0n) is 4.39. The second-order valence-corrected chi connectivity index (χ2v) is 2.97. The molecule has 0 unspecified atom stereocenters. The molecule has 0 fully saturated rings. The Morgan fingerprint density at radius 3 is 2.50 bits per heavy atom. The summed E-state index contributed by atoms with van der Waals surface area (Å²) in [7, 11) is 0.496. The number of allylic oxidation sites excluding steroid dienone is 2. The van der Waals surface area contributed by atoms with Crippen LogP contribution in [0.25, 0.3) is 0 Å². The quantitative estimate of drug-likeness (QED) is 0.412. The summed E-state index contributed by atoms with van der Waals surface area (Å²) in [5.74, 6) is 0. The highest BCUT2D eigenvalue weighted by atomic mass is 28.2. The van der Waals surface area contributed by atoms with Crippen LogP contribution in [0.3, 0.4) is 0 Å². The van der Waals surface area contributed by atoms with Gasteiger partial charge in [-0.25, -0.2) is 0 Å². The van der Waals surface area contributed by atoms with Gasteiger partial charge in [0.15, 0.2) is 0 Å². The van der Waals surface area contributed by atoms with Gasteiger partial charge >= 0.3 is 0 Å². The van der Waals surface area contributed by atoms with Gasteiger partial charge in [0.25, 0.3) is 0 Å². The van der Waals surface area contributed by atoms with Gasteiger partial charge in [-0.3, -0.25) is 0 Å². The SMILES string of the molecule is NC1=CC=CC(N)=[Si]1. The summed E-state index contributed by atoms with van der Waals surface area (Å²) in [5.41, 5.74) is 10.9. The first kappa shape index (κ1) is 5.31. The van der Waals surface area contributed by atoms with Crippen molar-refractivity contribution in [2.45, 2.75) is 0 Å². The molecule has 3 heteroatoms. The van der Waals surface area contributed by atoms with Crippen LogP contribution in [0.15, 0.2) is 23.5 Å². The fourth-order valence-corrected chi connectivity index (χ4v) is 1.20. The maximum Gasteiger partial charge on any atom is 0.112 e. The molecule has 0 aromatic carbocycles. The molecule has 0 spiro atoms. The van der Waals surface area contributed by atoms with Crippen molar-refractivity contribution in [2.75, 3.05) is 0 Å². The van der Waals surface area contributed by atoms with Gasteiger partial charge in [-0.15, -0.1) is 0 Å². The first-order valence-corrected chi connectivity index (χ1v) is 3.32. The summed E-state index contributed by atoms with van der Waals surface area (Å²) < 4.78 is 0. The molecule has 1 radical (unpaired) electrons. The van der Waals surface area contributed by atoms with Crippen molar-refractivity contribution in [1.29, 1.82) is 0 Å². The molecule has 0 aromatic rings. The van der Waals surface area contributed by atoms with Crippen LogP contribution in [0.5, 0.6) is 0 Å². The summed E-state index contributed by atoms with van der Waals surface area (Å²) in [6.45, 7) is 0. The largest absolute Gasteiger partial charge is 0.403 e. The Kier molecular flexibility index (Phi) is 1.30. The van der Waals surface area contributed by atoms with Gasteiger partial charge in [-0.05, 0) is 12.2 Å². The Labute approximate surface area is 50.3 Å². The maximum absolute atomic E-state index is 5.45. The van der Waals surface area contributed by atoms with E-state index in [2.05, 4.69) is 0 Å². The third-order valence-electron chi connectivity index (χ3n) is 0.840. The molecule has 0 aliphatic carbocycles. The number of hydrogen-bond donors (Lipinski definition) is 2. The van der Waals surface area contributed by atoms with Crippen LogP contribution < -0.4 is 11.5 Å². The van der Waals surface area contributed by atoms with Crippen LogP contribution >= 0.6 is 0 Å². The fraction of sp³-hybridized carbons (Fsp3) is 0. The molecule has 0 saturated carbocycles. The maximum atomic E-state index is 5.45. The molecule has 0 amide bonds. The molecular formula is C5H7N2Si. The average molecular weight is 123 g/mol. The van der Waals surface area contributed by atoms with Crippen LogP contribution in [-0.2, 0) is 0 Å². The highest BCUT2D eigenvalue weighted by molar-refractivity contribution is 6.62. The third-order valence-corrected chi connectivity index (χ3v) is 1.75. The van der Waals surface area contributed by atoms with E-state index in [9.17, 15) is 0 Å². The van der Waals surface area contributed by atoms with Crippen LogP contribution in [0.1, 0.15) is 0 Å². The lowest BCUT2D eigenvalue weighted by Gasteiger charge is -1.96. The topological polar surface area (TPSA) is 52.0 Å². The highest BCUT2D eigenvalue weighted by Crippen LogP contribution is 1.85. The van der Waals surface area contributed by atoms with Crippen molar-refractivity contribution < 1.29 is 0 Å². The van der Waals surface area contributed by atoms with E-state index in [0.717, 1.165) is 10.6 Å². The summed E-state index contributed by atoms with van der Waals surface area (Å²) in [4.78, 5) is 0.